The summed E-state index contributed by atoms with van der Waals surface area (Å²) in [5.74, 6) is 0.445. The molecule has 1 aliphatic heterocycles. The maximum atomic E-state index is 12.6. The Labute approximate surface area is 152 Å². The van der Waals surface area contributed by atoms with Crippen LogP contribution in [0.15, 0.2) is 48.8 Å². The number of fused-ring (bicyclic) bond motifs is 1. The average Bonchev–Trinajstić information content (AvgIpc) is 3.09. The summed E-state index contributed by atoms with van der Waals surface area (Å²) in [6, 6.07) is 9.98. The molecule has 2 amide bonds. The largest absolute Gasteiger partial charge is 0.481 e. The summed E-state index contributed by atoms with van der Waals surface area (Å²) in [5.41, 5.74) is 0.757. The van der Waals surface area contributed by atoms with E-state index < -0.39 is 5.91 Å². The number of nitrogens with zero attached hydrogens (tertiary/aromatic N) is 3. The first-order chi connectivity index (χ1) is 12.6. The highest BCUT2D eigenvalue weighted by Crippen LogP contribution is 2.32. The zero-order valence-electron chi connectivity index (χ0n) is 13.3. The van der Waals surface area contributed by atoms with Crippen molar-refractivity contribution in [3.63, 3.8) is 0 Å². The molecule has 0 saturated carbocycles. The van der Waals surface area contributed by atoms with Crippen molar-refractivity contribution in [1.82, 2.24) is 14.8 Å². The van der Waals surface area contributed by atoms with Crippen molar-refractivity contribution >= 4 is 34.9 Å². The van der Waals surface area contributed by atoms with E-state index in [1.165, 1.54) is 4.68 Å². The predicted molar refractivity (Wildman–Crippen MR) is 94.9 cm³/mol. The minimum absolute atomic E-state index is 0.135. The summed E-state index contributed by atoms with van der Waals surface area (Å²) in [7, 11) is 0. The number of nitrogens with one attached hydrogen (secondary N) is 2. The molecule has 1 aromatic carbocycles. The average molecular weight is 370 g/mol. The van der Waals surface area contributed by atoms with E-state index >= 15 is 0 Å². The molecular formula is C17H12ClN5O3. The van der Waals surface area contributed by atoms with E-state index in [1.54, 1.807) is 48.8 Å². The van der Waals surface area contributed by atoms with E-state index in [9.17, 15) is 9.59 Å². The van der Waals surface area contributed by atoms with Crippen molar-refractivity contribution in [2.75, 3.05) is 17.2 Å². The Hall–Kier alpha value is -3.39. The highest BCUT2D eigenvalue weighted by atomic mass is 35.5. The molecule has 0 bridgehead atoms. The minimum atomic E-state index is -0.407. The van der Waals surface area contributed by atoms with Gasteiger partial charge in [-0.2, -0.15) is 0 Å². The van der Waals surface area contributed by atoms with Crippen molar-refractivity contribution in [1.29, 1.82) is 0 Å². The number of amides is 2. The third-order valence-corrected chi connectivity index (χ3v) is 3.96. The number of hydrogen-bond acceptors (Lipinski definition) is 5. The van der Waals surface area contributed by atoms with Gasteiger partial charge in [0.2, 0.25) is 0 Å². The zero-order chi connectivity index (χ0) is 18.1. The monoisotopic (exact) mass is 369 g/mol. The molecule has 130 valence electrons. The van der Waals surface area contributed by atoms with Crippen LogP contribution in [0.2, 0.25) is 5.02 Å². The van der Waals surface area contributed by atoms with Gasteiger partial charge in [0.25, 0.3) is 11.8 Å². The van der Waals surface area contributed by atoms with Gasteiger partial charge in [0.1, 0.15) is 0 Å². The molecule has 8 nitrogen and oxygen atoms in total. The number of aromatic nitrogens is 3. The number of carbonyl (C=O) groups is 2. The second-order valence-corrected chi connectivity index (χ2v) is 5.83. The Balaban J connectivity index is 1.58. The molecule has 1 aliphatic rings. The number of rotatable bonds is 3. The highest BCUT2D eigenvalue weighted by Gasteiger charge is 2.22. The molecule has 0 fully saturated rings. The standard InChI is InChI=1S/C17H12ClN5O3/c18-11-4-2-7-19-16(11)23-8-6-13(22-23)21-17(25)10-3-1-5-12-15(10)26-9-14(24)20-12/h1-8H,9H2,(H,20,24)(H,21,22,25). The van der Waals surface area contributed by atoms with Crippen molar-refractivity contribution < 1.29 is 14.3 Å². The number of anilines is 2. The molecule has 0 aliphatic carbocycles. The molecule has 2 aromatic heterocycles. The van der Waals surface area contributed by atoms with Gasteiger partial charge < -0.3 is 15.4 Å². The van der Waals surface area contributed by atoms with Crippen molar-refractivity contribution in [2.45, 2.75) is 0 Å². The Kier molecular flexibility index (Phi) is 4.02. The summed E-state index contributed by atoms with van der Waals surface area (Å²) in [5, 5.41) is 10.1. The normalized spacial score (nSPS) is 12.7. The van der Waals surface area contributed by atoms with E-state index in [-0.39, 0.29) is 12.5 Å². The van der Waals surface area contributed by atoms with Crippen LogP contribution in [0.1, 0.15) is 10.4 Å². The Bertz CT molecular complexity index is 1020. The third kappa shape index (κ3) is 2.98. The summed E-state index contributed by atoms with van der Waals surface area (Å²) in [6.45, 7) is -0.135. The fourth-order valence-electron chi connectivity index (χ4n) is 2.53. The van der Waals surface area contributed by atoms with E-state index in [4.69, 9.17) is 16.3 Å². The van der Waals surface area contributed by atoms with Crippen LogP contribution in [0.3, 0.4) is 0 Å². The predicted octanol–water partition coefficient (Wildman–Crippen LogP) is 2.50. The lowest BCUT2D eigenvalue weighted by Crippen LogP contribution is -2.27. The Morgan fingerprint density at radius 2 is 2.15 bits per heavy atom. The molecule has 26 heavy (non-hydrogen) atoms. The number of carbonyl (C=O) groups excluding carboxylic acids is 2. The smallest absolute Gasteiger partial charge is 0.262 e. The first-order valence-corrected chi connectivity index (χ1v) is 8.03. The van der Waals surface area contributed by atoms with E-state index in [0.29, 0.717) is 33.7 Å². The molecule has 3 aromatic rings. The van der Waals surface area contributed by atoms with Gasteiger partial charge in [0.15, 0.2) is 24.0 Å². The SMILES string of the molecule is O=C1COc2c(cccc2C(=O)Nc2ccn(-c3ncccc3Cl)n2)N1. The minimum Gasteiger partial charge on any atom is -0.481 e. The molecule has 3 heterocycles. The fourth-order valence-corrected chi connectivity index (χ4v) is 2.74. The second kappa shape index (κ2) is 6.49. The first-order valence-electron chi connectivity index (χ1n) is 7.65. The molecule has 0 radical (unpaired) electrons. The van der Waals surface area contributed by atoms with E-state index in [2.05, 4.69) is 20.7 Å². The van der Waals surface area contributed by atoms with Gasteiger partial charge in [0.05, 0.1) is 16.3 Å². The summed E-state index contributed by atoms with van der Waals surface area (Å²) in [4.78, 5) is 28.1. The van der Waals surface area contributed by atoms with Gasteiger partial charge in [-0.05, 0) is 24.3 Å². The summed E-state index contributed by atoms with van der Waals surface area (Å²) < 4.78 is 6.86. The van der Waals surface area contributed by atoms with Crippen LogP contribution >= 0.6 is 11.6 Å². The van der Waals surface area contributed by atoms with Crippen LogP contribution in [0.4, 0.5) is 11.5 Å². The van der Waals surface area contributed by atoms with Gasteiger partial charge in [-0.25, -0.2) is 9.67 Å². The van der Waals surface area contributed by atoms with Gasteiger partial charge >= 0.3 is 0 Å². The molecule has 0 unspecified atom stereocenters. The number of hydrogen-bond donors (Lipinski definition) is 2. The molecule has 2 N–H and O–H groups in total. The molecular weight excluding hydrogens is 358 g/mol. The van der Waals surface area contributed by atoms with Crippen molar-refractivity contribution in [3.05, 3.63) is 59.4 Å². The number of para-hydroxylation sites is 1. The maximum absolute atomic E-state index is 12.6. The van der Waals surface area contributed by atoms with Crippen LogP contribution in [0, 0.1) is 0 Å². The zero-order valence-corrected chi connectivity index (χ0v) is 14.0. The maximum Gasteiger partial charge on any atom is 0.262 e. The lowest BCUT2D eigenvalue weighted by atomic mass is 10.1. The van der Waals surface area contributed by atoms with Crippen LogP contribution in [0.5, 0.6) is 5.75 Å². The molecule has 0 spiro atoms. The Morgan fingerprint density at radius 1 is 1.27 bits per heavy atom. The van der Waals surface area contributed by atoms with Gasteiger partial charge in [-0.3, -0.25) is 9.59 Å². The van der Waals surface area contributed by atoms with Gasteiger partial charge in [0, 0.05) is 18.5 Å². The third-order valence-electron chi connectivity index (χ3n) is 3.67. The fraction of sp³-hybridized carbons (Fsp3) is 0.0588. The van der Waals surface area contributed by atoms with Crippen LogP contribution < -0.4 is 15.4 Å². The summed E-state index contributed by atoms with van der Waals surface area (Å²) in [6.07, 6.45) is 3.24. The van der Waals surface area contributed by atoms with Crippen LogP contribution in [-0.4, -0.2) is 33.2 Å². The molecule has 4 rings (SSSR count). The molecule has 0 saturated heterocycles. The lowest BCUT2D eigenvalue weighted by Gasteiger charge is -2.20. The van der Waals surface area contributed by atoms with Gasteiger partial charge in [-0.1, -0.05) is 17.7 Å². The molecule has 0 atom stereocenters. The van der Waals surface area contributed by atoms with Crippen LogP contribution in [0.25, 0.3) is 5.82 Å². The van der Waals surface area contributed by atoms with E-state index in [1.807, 2.05) is 0 Å². The number of pyridine rings is 1. The van der Waals surface area contributed by atoms with Crippen LogP contribution in [-0.2, 0) is 4.79 Å². The van der Waals surface area contributed by atoms with Crippen molar-refractivity contribution in [3.8, 4) is 11.6 Å². The quantitative estimate of drug-likeness (QED) is 0.739. The second-order valence-electron chi connectivity index (χ2n) is 5.43. The highest BCUT2D eigenvalue weighted by molar-refractivity contribution is 6.32. The number of benzene rings is 1. The van der Waals surface area contributed by atoms with Gasteiger partial charge in [-0.15, -0.1) is 5.10 Å². The lowest BCUT2D eigenvalue weighted by molar-refractivity contribution is -0.118. The first kappa shape index (κ1) is 16.1. The van der Waals surface area contributed by atoms with Crippen molar-refractivity contribution in [2.24, 2.45) is 0 Å². The number of halogens is 1. The number of ether oxygens (including phenoxy) is 1. The van der Waals surface area contributed by atoms with E-state index in [0.717, 1.165) is 0 Å². The molecule has 9 heteroatoms. The Morgan fingerprint density at radius 3 is 3.00 bits per heavy atom. The summed E-state index contributed by atoms with van der Waals surface area (Å²) >= 11 is 6.10. The topological polar surface area (TPSA) is 98.1 Å².